The van der Waals surface area contributed by atoms with Gasteiger partial charge in [-0.05, 0) is 49.4 Å². The Labute approximate surface area is 127 Å². The van der Waals surface area contributed by atoms with Crippen molar-refractivity contribution in [1.82, 2.24) is 4.72 Å². The fourth-order valence-corrected chi connectivity index (χ4v) is 3.33. The van der Waals surface area contributed by atoms with Crippen LogP contribution in [0, 0.1) is 19.8 Å². The highest BCUT2D eigenvalue weighted by atomic mass is 32.2. The molecule has 5 nitrogen and oxygen atoms in total. The number of nitrogen functional groups attached to an aromatic ring is 1. The maximum absolute atomic E-state index is 12.3. The Kier molecular flexibility index (Phi) is 6.64. The first-order valence-corrected chi connectivity index (χ1v) is 8.66. The van der Waals surface area contributed by atoms with Gasteiger partial charge >= 0.3 is 0 Å². The summed E-state index contributed by atoms with van der Waals surface area (Å²) in [5.74, 6) is 0.486. The second kappa shape index (κ2) is 7.77. The fraction of sp³-hybridized carbons (Fsp3) is 0.600. The molecule has 1 aromatic carbocycles. The van der Waals surface area contributed by atoms with E-state index in [4.69, 9.17) is 10.5 Å². The zero-order valence-electron chi connectivity index (χ0n) is 13.3. The third kappa shape index (κ3) is 5.65. The Hall–Kier alpha value is -1.11. The summed E-state index contributed by atoms with van der Waals surface area (Å²) in [6.07, 6.45) is 0.645. The maximum atomic E-state index is 12.3. The van der Waals surface area contributed by atoms with E-state index in [1.165, 1.54) is 6.07 Å². The molecule has 6 heteroatoms. The SMILES string of the molecule is Cc1cc(N)cc(S(=O)(=O)NCCCOCC(C)C)c1C. The van der Waals surface area contributed by atoms with Gasteiger partial charge in [0.2, 0.25) is 10.0 Å². The highest BCUT2D eigenvalue weighted by Crippen LogP contribution is 2.22. The average Bonchev–Trinajstić information content (AvgIpc) is 2.37. The number of anilines is 1. The molecule has 1 aromatic rings. The number of hydrogen-bond donors (Lipinski definition) is 2. The third-order valence-electron chi connectivity index (χ3n) is 3.14. The van der Waals surface area contributed by atoms with E-state index in [0.29, 0.717) is 37.8 Å². The van der Waals surface area contributed by atoms with Gasteiger partial charge in [0.1, 0.15) is 0 Å². The van der Waals surface area contributed by atoms with Crippen LogP contribution in [0.2, 0.25) is 0 Å². The molecule has 3 N–H and O–H groups in total. The van der Waals surface area contributed by atoms with Crippen LogP contribution in [0.5, 0.6) is 0 Å². The number of sulfonamides is 1. The molecule has 120 valence electrons. The molecule has 0 saturated heterocycles. The van der Waals surface area contributed by atoms with Crippen LogP contribution < -0.4 is 10.5 Å². The summed E-state index contributed by atoms with van der Waals surface area (Å²) in [5, 5.41) is 0. The molecule has 0 heterocycles. The van der Waals surface area contributed by atoms with Gasteiger partial charge < -0.3 is 10.5 Å². The van der Waals surface area contributed by atoms with Crippen LogP contribution in [0.3, 0.4) is 0 Å². The predicted octanol–water partition coefficient (Wildman–Crippen LogP) is 2.23. The van der Waals surface area contributed by atoms with Gasteiger partial charge in [-0.25, -0.2) is 13.1 Å². The van der Waals surface area contributed by atoms with E-state index in [2.05, 4.69) is 18.6 Å². The maximum Gasteiger partial charge on any atom is 0.240 e. The number of ether oxygens (including phenoxy) is 1. The summed E-state index contributed by atoms with van der Waals surface area (Å²) in [7, 11) is -3.53. The molecule has 0 amide bonds. The average molecular weight is 314 g/mol. The molecule has 0 bridgehead atoms. The van der Waals surface area contributed by atoms with Gasteiger partial charge in [-0.2, -0.15) is 0 Å². The quantitative estimate of drug-likeness (QED) is 0.569. The topological polar surface area (TPSA) is 81.4 Å². The first kappa shape index (κ1) is 17.9. The summed E-state index contributed by atoms with van der Waals surface area (Å²) in [6.45, 7) is 9.39. The molecule has 0 aromatic heterocycles. The standard InChI is InChI=1S/C15H26N2O3S/c1-11(2)10-20-7-5-6-17-21(18,19)15-9-14(16)8-12(3)13(15)4/h8-9,11,17H,5-7,10,16H2,1-4H3. The van der Waals surface area contributed by atoms with E-state index >= 15 is 0 Å². The van der Waals surface area contributed by atoms with E-state index < -0.39 is 10.0 Å². The second-order valence-corrected chi connectivity index (χ2v) is 7.42. The van der Waals surface area contributed by atoms with Gasteiger partial charge in [-0.3, -0.25) is 0 Å². The first-order valence-electron chi connectivity index (χ1n) is 7.18. The molecule has 0 aliphatic rings. The Morgan fingerprint density at radius 2 is 1.95 bits per heavy atom. The molecule has 0 aliphatic heterocycles. The van der Waals surface area contributed by atoms with Crippen molar-refractivity contribution in [1.29, 1.82) is 0 Å². The van der Waals surface area contributed by atoms with Gasteiger partial charge in [0, 0.05) is 25.4 Å². The molecule has 0 atom stereocenters. The molecule has 21 heavy (non-hydrogen) atoms. The smallest absolute Gasteiger partial charge is 0.240 e. The lowest BCUT2D eigenvalue weighted by molar-refractivity contribution is 0.108. The lowest BCUT2D eigenvalue weighted by atomic mass is 10.1. The van der Waals surface area contributed by atoms with Crippen molar-refractivity contribution in [3.63, 3.8) is 0 Å². The van der Waals surface area contributed by atoms with E-state index in [1.807, 2.05) is 6.92 Å². The van der Waals surface area contributed by atoms with Crippen molar-refractivity contribution in [2.24, 2.45) is 5.92 Å². The van der Waals surface area contributed by atoms with E-state index in [-0.39, 0.29) is 4.90 Å². The van der Waals surface area contributed by atoms with Crippen LogP contribution in [-0.4, -0.2) is 28.2 Å². The van der Waals surface area contributed by atoms with Crippen LogP contribution in [0.25, 0.3) is 0 Å². The van der Waals surface area contributed by atoms with Crippen molar-refractivity contribution in [3.05, 3.63) is 23.3 Å². The summed E-state index contributed by atoms with van der Waals surface area (Å²) < 4.78 is 32.6. The fourth-order valence-electron chi connectivity index (χ4n) is 1.91. The lowest BCUT2D eigenvalue weighted by Gasteiger charge is -2.12. The molecule has 0 fully saturated rings. The van der Waals surface area contributed by atoms with Gasteiger partial charge in [0.15, 0.2) is 0 Å². The van der Waals surface area contributed by atoms with E-state index in [1.54, 1.807) is 13.0 Å². The van der Waals surface area contributed by atoms with E-state index in [9.17, 15) is 8.42 Å². The zero-order valence-corrected chi connectivity index (χ0v) is 14.1. The summed E-state index contributed by atoms with van der Waals surface area (Å²) >= 11 is 0. The first-order chi connectivity index (χ1) is 9.74. The normalized spacial score (nSPS) is 12.0. The molecule has 0 spiro atoms. The Bertz CT molecular complexity index is 569. The number of rotatable bonds is 8. The molecule has 0 saturated carbocycles. The monoisotopic (exact) mass is 314 g/mol. The van der Waals surface area contributed by atoms with Crippen LogP contribution in [-0.2, 0) is 14.8 Å². The van der Waals surface area contributed by atoms with Gasteiger partial charge in [-0.15, -0.1) is 0 Å². The third-order valence-corrected chi connectivity index (χ3v) is 4.73. The highest BCUT2D eigenvalue weighted by molar-refractivity contribution is 7.89. The minimum absolute atomic E-state index is 0.253. The van der Waals surface area contributed by atoms with Crippen molar-refractivity contribution in [3.8, 4) is 0 Å². The van der Waals surface area contributed by atoms with Crippen molar-refractivity contribution in [2.75, 3.05) is 25.5 Å². The molecule has 0 unspecified atom stereocenters. The minimum Gasteiger partial charge on any atom is -0.399 e. The number of aryl methyl sites for hydroxylation is 1. The Morgan fingerprint density at radius 3 is 2.57 bits per heavy atom. The van der Waals surface area contributed by atoms with Gasteiger partial charge in [0.05, 0.1) is 4.90 Å². The molecular weight excluding hydrogens is 288 g/mol. The van der Waals surface area contributed by atoms with E-state index in [0.717, 1.165) is 11.1 Å². The molecule has 0 radical (unpaired) electrons. The summed E-state index contributed by atoms with van der Waals surface area (Å²) in [5.41, 5.74) is 7.79. The predicted molar refractivity (Wildman–Crippen MR) is 85.8 cm³/mol. The Morgan fingerprint density at radius 1 is 1.29 bits per heavy atom. The van der Waals surface area contributed by atoms with Crippen molar-refractivity contribution in [2.45, 2.75) is 39.0 Å². The molecule has 1 rings (SSSR count). The van der Waals surface area contributed by atoms with Crippen molar-refractivity contribution >= 4 is 15.7 Å². The molecule has 0 aliphatic carbocycles. The number of hydrogen-bond acceptors (Lipinski definition) is 4. The number of nitrogens with two attached hydrogens (primary N) is 1. The van der Waals surface area contributed by atoms with Crippen molar-refractivity contribution < 1.29 is 13.2 Å². The minimum atomic E-state index is -3.53. The van der Waals surface area contributed by atoms with Gasteiger partial charge in [0.25, 0.3) is 0 Å². The lowest BCUT2D eigenvalue weighted by Crippen LogP contribution is -2.26. The largest absolute Gasteiger partial charge is 0.399 e. The molecular formula is C15H26N2O3S. The highest BCUT2D eigenvalue weighted by Gasteiger charge is 2.17. The number of benzene rings is 1. The summed E-state index contributed by atoms with van der Waals surface area (Å²) in [6, 6.07) is 3.27. The van der Waals surface area contributed by atoms with Crippen LogP contribution in [0.15, 0.2) is 17.0 Å². The number of nitrogens with one attached hydrogen (secondary N) is 1. The van der Waals surface area contributed by atoms with Crippen LogP contribution in [0.4, 0.5) is 5.69 Å². The van der Waals surface area contributed by atoms with Crippen LogP contribution in [0.1, 0.15) is 31.4 Å². The Balaban J connectivity index is 2.59. The van der Waals surface area contributed by atoms with Crippen LogP contribution >= 0.6 is 0 Å². The summed E-state index contributed by atoms with van der Waals surface area (Å²) in [4.78, 5) is 0.253. The zero-order chi connectivity index (χ0) is 16.0. The van der Waals surface area contributed by atoms with Gasteiger partial charge in [-0.1, -0.05) is 13.8 Å². The second-order valence-electron chi connectivity index (χ2n) is 5.68.